The Bertz CT molecular complexity index is 1620. The van der Waals surface area contributed by atoms with Crippen LogP contribution in [0.2, 0.25) is 0 Å². The lowest BCUT2D eigenvalue weighted by Crippen LogP contribution is -2.30. The largest absolute Gasteiger partial charge is 0.462 e. The van der Waals surface area contributed by atoms with Gasteiger partial charge in [0.05, 0.1) is 0 Å². The molecule has 0 heterocycles. The Labute approximate surface area is 501 Å². The molecule has 6 nitrogen and oxygen atoms in total. The molecule has 0 fully saturated rings. The molecule has 0 amide bonds. The molecule has 0 saturated carbocycles. The molecule has 0 N–H and O–H groups in total. The van der Waals surface area contributed by atoms with Crippen molar-refractivity contribution < 1.29 is 28.6 Å². The molecule has 0 aliphatic rings. The number of hydrogen-bond acceptors (Lipinski definition) is 6. The lowest BCUT2D eigenvalue weighted by molar-refractivity contribution is -0.167. The van der Waals surface area contributed by atoms with Crippen LogP contribution in [-0.4, -0.2) is 37.2 Å². The third-order valence-electron chi connectivity index (χ3n) is 14.7. The maximum atomic E-state index is 12.9. The van der Waals surface area contributed by atoms with Crippen LogP contribution in [0.25, 0.3) is 0 Å². The molecule has 0 saturated heterocycles. The highest BCUT2D eigenvalue weighted by atomic mass is 16.6. The number of ether oxygens (including phenoxy) is 3. The summed E-state index contributed by atoms with van der Waals surface area (Å²) in [6.45, 7) is 6.50. The summed E-state index contributed by atoms with van der Waals surface area (Å²) in [7, 11) is 0. The van der Waals surface area contributed by atoms with Gasteiger partial charge in [-0.15, -0.1) is 0 Å². The second-order valence-electron chi connectivity index (χ2n) is 22.7. The van der Waals surface area contributed by atoms with E-state index in [1.54, 1.807) is 0 Å². The van der Waals surface area contributed by atoms with Crippen molar-refractivity contribution in [2.24, 2.45) is 0 Å². The van der Waals surface area contributed by atoms with Gasteiger partial charge in [0.25, 0.3) is 0 Å². The normalized spacial score (nSPS) is 12.8. The summed E-state index contributed by atoms with van der Waals surface area (Å²) in [4.78, 5) is 38.4. The minimum absolute atomic E-state index is 0.0914. The molecule has 0 aromatic carbocycles. The zero-order valence-electron chi connectivity index (χ0n) is 53.3. The zero-order chi connectivity index (χ0) is 58.5. The quantitative estimate of drug-likeness (QED) is 0.0261. The molecular formula is C75H128O6. The fourth-order valence-electron chi connectivity index (χ4n) is 9.59. The number of allylic oxidation sites excluding steroid dienone is 18. The van der Waals surface area contributed by atoms with E-state index in [1.807, 2.05) is 0 Å². The van der Waals surface area contributed by atoms with E-state index in [-0.39, 0.29) is 31.1 Å². The SMILES string of the molecule is CC/C=C\C/C=C\C/C=C\CCCCCC(=O)OCC(COC(=O)CCCCCCCCCCCC/C=C\C/C=C\C/C=C\CCCCCCC)OC(=O)CCCCCCCCCCCC/C=C\C/C=C\C/C=C\CCCCCCC. The summed E-state index contributed by atoms with van der Waals surface area (Å²) < 4.78 is 16.9. The van der Waals surface area contributed by atoms with Crippen molar-refractivity contribution in [2.45, 2.75) is 335 Å². The average Bonchev–Trinajstić information content (AvgIpc) is 3.46. The molecular weight excluding hydrogens is 997 g/mol. The summed E-state index contributed by atoms with van der Waals surface area (Å²) in [6.07, 6.45) is 93.9. The van der Waals surface area contributed by atoms with Gasteiger partial charge in [-0.05, 0) is 128 Å². The van der Waals surface area contributed by atoms with Crippen LogP contribution in [0.3, 0.4) is 0 Å². The topological polar surface area (TPSA) is 78.9 Å². The van der Waals surface area contributed by atoms with Gasteiger partial charge < -0.3 is 14.2 Å². The highest BCUT2D eigenvalue weighted by Crippen LogP contribution is 2.16. The number of unbranched alkanes of at least 4 members (excludes halogenated alkanes) is 33. The molecule has 464 valence electrons. The van der Waals surface area contributed by atoms with Crippen molar-refractivity contribution in [3.05, 3.63) is 109 Å². The summed E-state index contributed by atoms with van der Waals surface area (Å²) in [5, 5.41) is 0. The fourth-order valence-corrected chi connectivity index (χ4v) is 9.59. The third-order valence-corrected chi connectivity index (χ3v) is 14.7. The lowest BCUT2D eigenvalue weighted by atomic mass is 10.0. The Hall–Kier alpha value is -3.93. The first-order valence-corrected chi connectivity index (χ1v) is 34.4. The van der Waals surface area contributed by atoms with Crippen LogP contribution in [0.5, 0.6) is 0 Å². The molecule has 0 radical (unpaired) electrons. The minimum atomic E-state index is -0.798. The molecule has 0 aliphatic heterocycles. The monoisotopic (exact) mass is 1120 g/mol. The second kappa shape index (κ2) is 68.6. The summed E-state index contributed by atoms with van der Waals surface area (Å²) in [5.74, 6) is -0.920. The van der Waals surface area contributed by atoms with Crippen LogP contribution >= 0.6 is 0 Å². The maximum absolute atomic E-state index is 12.9. The van der Waals surface area contributed by atoms with Crippen molar-refractivity contribution >= 4 is 17.9 Å². The Kier molecular flexibility index (Phi) is 65.2. The van der Waals surface area contributed by atoms with Crippen molar-refractivity contribution in [1.82, 2.24) is 0 Å². The molecule has 0 bridgehead atoms. The van der Waals surface area contributed by atoms with Crippen LogP contribution < -0.4 is 0 Å². The van der Waals surface area contributed by atoms with E-state index in [9.17, 15) is 14.4 Å². The standard InChI is InChI=1S/C75H128O6/c1-4-7-10-13-16-19-22-25-27-29-31-33-35-37-39-41-43-45-47-50-53-56-59-62-65-68-74(77)80-71-72(70-79-73(76)67-64-61-58-55-52-49-24-21-18-15-12-9-6-3)81-75(78)69-66-63-60-57-54-51-48-46-44-42-40-38-36-34-32-30-28-26-23-20-17-14-11-8-5-2/h9,12,18,21-23,25-26,29-32,35-38,49,52,72H,4-8,10-11,13-17,19-20,24,27-28,33-34,39-48,50-51,53-71H2,1-3H3/b12-9-,21-18-,25-22-,26-23-,31-29-,32-30-,37-35-,38-36-,52-49-. The number of carbonyl (C=O) groups excluding carboxylic acids is 3. The van der Waals surface area contributed by atoms with Gasteiger partial charge in [-0.25, -0.2) is 0 Å². The van der Waals surface area contributed by atoms with Gasteiger partial charge in [0.2, 0.25) is 0 Å². The van der Waals surface area contributed by atoms with Crippen LogP contribution in [0.1, 0.15) is 329 Å². The summed E-state index contributed by atoms with van der Waals surface area (Å²) >= 11 is 0. The maximum Gasteiger partial charge on any atom is 0.306 e. The van der Waals surface area contributed by atoms with Gasteiger partial charge in [-0.3, -0.25) is 14.4 Å². The molecule has 0 spiro atoms. The van der Waals surface area contributed by atoms with Crippen LogP contribution in [0, 0.1) is 0 Å². The Balaban J connectivity index is 4.34. The number of carbonyl (C=O) groups is 3. The predicted octanol–water partition coefficient (Wildman–Crippen LogP) is 23.8. The van der Waals surface area contributed by atoms with Crippen LogP contribution in [0.15, 0.2) is 109 Å². The molecule has 1 unspecified atom stereocenters. The van der Waals surface area contributed by atoms with Crippen LogP contribution in [0.4, 0.5) is 0 Å². The van der Waals surface area contributed by atoms with E-state index >= 15 is 0 Å². The molecule has 0 rings (SSSR count). The van der Waals surface area contributed by atoms with E-state index in [0.717, 1.165) is 109 Å². The van der Waals surface area contributed by atoms with Gasteiger partial charge in [-0.1, -0.05) is 291 Å². The van der Waals surface area contributed by atoms with E-state index in [0.29, 0.717) is 19.3 Å². The lowest BCUT2D eigenvalue weighted by Gasteiger charge is -2.18. The van der Waals surface area contributed by atoms with E-state index in [2.05, 4.69) is 130 Å². The third kappa shape index (κ3) is 66.8. The van der Waals surface area contributed by atoms with Gasteiger partial charge in [0.1, 0.15) is 13.2 Å². The average molecular weight is 1130 g/mol. The van der Waals surface area contributed by atoms with Gasteiger partial charge in [0, 0.05) is 19.3 Å². The highest BCUT2D eigenvalue weighted by molar-refractivity contribution is 5.71. The van der Waals surface area contributed by atoms with Crippen LogP contribution in [-0.2, 0) is 28.6 Å². The van der Waals surface area contributed by atoms with Gasteiger partial charge in [0.15, 0.2) is 6.10 Å². The number of rotatable bonds is 62. The van der Waals surface area contributed by atoms with Crippen molar-refractivity contribution in [1.29, 1.82) is 0 Å². The predicted molar refractivity (Wildman–Crippen MR) is 353 cm³/mol. The van der Waals surface area contributed by atoms with Crippen molar-refractivity contribution in [2.75, 3.05) is 13.2 Å². The minimum Gasteiger partial charge on any atom is -0.462 e. The first kappa shape index (κ1) is 77.1. The highest BCUT2D eigenvalue weighted by Gasteiger charge is 2.19. The molecule has 6 heteroatoms. The summed E-state index contributed by atoms with van der Waals surface area (Å²) in [6, 6.07) is 0. The van der Waals surface area contributed by atoms with E-state index in [1.165, 1.54) is 180 Å². The molecule has 0 aliphatic carbocycles. The number of esters is 3. The summed E-state index contributed by atoms with van der Waals surface area (Å²) in [5.41, 5.74) is 0. The Morgan fingerprint density at radius 3 is 0.765 bits per heavy atom. The van der Waals surface area contributed by atoms with Gasteiger partial charge >= 0.3 is 17.9 Å². The Morgan fingerprint density at radius 1 is 0.259 bits per heavy atom. The zero-order valence-corrected chi connectivity index (χ0v) is 53.3. The second-order valence-corrected chi connectivity index (χ2v) is 22.7. The fraction of sp³-hybridized carbons (Fsp3) is 0.720. The Morgan fingerprint density at radius 2 is 0.481 bits per heavy atom. The van der Waals surface area contributed by atoms with Crippen molar-refractivity contribution in [3.8, 4) is 0 Å². The van der Waals surface area contributed by atoms with Gasteiger partial charge in [-0.2, -0.15) is 0 Å². The molecule has 0 aromatic rings. The smallest absolute Gasteiger partial charge is 0.306 e. The van der Waals surface area contributed by atoms with E-state index < -0.39 is 6.10 Å². The molecule has 81 heavy (non-hydrogen) atoms. The first-order chi connectivity index (χ1) is 40.0. The molecule has 0 aromatic heterocycles. The first-order valence-electron chi connectivity index (χ1n) is 34.4. The van der Waals surface area contributed by atoms with E-state index in [4.69, 9.17) is 14.2 Å². The molecule has 1 atom stereocenters. The number of hydrogen-bond donors (Lipinski definition) is 0. The van der Waals surface area contributed by atoms with Crippen molar-refractivity contribution in [3.63, 3.8) is 0 Å².